The molecule has 4 fully saturated rings. The van der Waals surface area contributed by atoms with Crippen LogP contribution >= 0.6 is 46.7 Å². The number of hydrogen-bond donors (Lipinski definition) is 19. The standard InChI is InChI=1S/C66H127N7O45P6/c1-44-55(78)56(79)47(29-75)115-63(44)101-19-9-3-6-12-22-104-120(86,87)107-25-15-17-96-35-66(37-100-43-112-122(90,91)106-24-14-8-5-11-21-103-65-53(68)60(83)58(81)49(31-77)117-65,36-97-18-16-26-108-121(88,89)105-23-13-7-4-10-20-102-64-52(67)59(82)57(80)48(30-76)116-64)38-110-123(92,93)111-41-98-32-45(28-74)33-99-42-113-124(94,95)118-46-27-51(114-50(46)34-109-119(2,84)85)73-40-72-54-61(69)70-39-71-62(54)73/h39-40,44-53,55-60,63-65,74-83H,3-38,41-43,67-68H2,1-2H3,(H,84,85)(H,86,87)(H,88,89)(H,90,91)(H,92,93)(H,94,95)(H2,69,70,71)/t44-,45?,46-,47?,48?,49?,50+,51+,52-,53-,55?,56-,57-,58-,59?,60?,63+,64+,65+,66?/m0/s1. The number of unbranched alkanes of at least 4 members (excludes halogenated alkanes) is 9. The summed E-state index contributed by atoms with van der Waals surface area (Å²) < 4.78 is 204. The molecule has 52 nitrogen and oxygen atoms in total. The zero-order chi connectivity index (χ0) is 91.2. The van der Waals surface area contributed by atoms with Gasteiger partial charge in [-0.25, -0.2) is 37.8 Å². The van der Waals surface area contributed by atoms with E-state index in [2.05, 4.69) is 15.0 Å². The van der Waals surface area contributed by atoms with Crippen LogP contribution < -0.4 is 17.2 Å². The number of nitrogens with zero attached hydrogens (tertiary/aromatic N) is 4. The third-order valence-electron chi connectivity index (χ3n) is 19.4. The topological polar surface area (TPSA) is 760 Å². The van der Waals surface area contributed by atoms with Gasteiger partial charge in [-0.3, -0.25) is 54.4 Å². The number of phosphoric ester groups is 5. The molecule has 14 unspecified atom stereocenters. The second kappa shape index (κ2) is 56.3. The first kappa shape index (κ1) is 111. The highest BCUT2D eigenvalue weighted by Gasteiger charge is 2.48. The first-order valence-electron chi connectivity index (χ1n) is 40.2. The van der Waals surface area contributed by atoms with Crippen molar-refractivity contribution < 1.29 is 214 Å². The molecule has 0 bridgehead atoms. The zero-order valence-corrected chi connectivity index (χ0v) is 74.3. The number of nitrogen functional groups attached to an aromatic ring is 1. The van der Waals surface area contributed by atoms with Gasteiger partial charge in [-0.05, 0) is 51.4 Å². The second-order valence-corrected chi connectivity index (χ2v) is 38.7. The Bertz CT molecular complexity index is 3510. The van der Waals surface area contributed by atoms with Crippen LogP contribution in [0.25, 0.3) is 11.2 Å². The summed E-state index contributed by atoms with van der Waals surface area (Å²) in [4.78, 5) is 75.5. The number of phosphoric acid groups is 5. The predicted molar refractivity (Wildman–Crippen MR) is 421 cm³/mol. The highest BCUT2D eigenvalue weighted by Crippen LogP contribution is 2.51. The van der Waals surface area contributed by atoms with Crippen molar-refractivity contribution in [2.75, 3.05) is 172 Å². The van der Waals surface area contributed by atoms with E-state index in [0.29, 0.717) is 70.6 Å². The maximum absolute atomic E-state index is 13.7. The summed E-state index contributed by atoms with van der Waals surface area (Å²) in [6.45, 7) is -8.45. The molecule has 6 rings (SSSR count). The van der Waals surface area contributed by atoms with Crippen LogP contribution in [0.15, 0.2) is 12.7 Å². The van der Waals surface area contributed by atoms with Gasteiger partial charge in [0.15, 0.2) is 50.7 Å². The monoisotopic (exact) mass is 1920 g/mol. The predicted octanol–water partition coefficient (Wildman–Crippen LogP) is -0.766. The molecule has 124 heavy (non-hydrogen) atoms. The number of nitrogens with two attached hydrogens (primary N) is 3. The second-order valence-electron chi connectivity index (χ2n) is 29.7. The third-order valence-corrected chi connectivity index (χ3v) is 24.9. The van der Waals surface area contributed by atoms with E-state index >= 15 is 0 Å². The lowest BCUT2D eigenvalue weighted by molar-refractivity contribution is -0.282. The lowest BCUT2D eigenvalue weighted by Crippen LogP contribution is -2.62. The fourth-order valence-electron chi connectivity index (χ4n) is 12.4. The van der Waals surface area contributed by atoms with E-state index in [1.807, 2.05) is 0 Å². The van der Waals surface area contributed by atoms with E-state index < -0.39 is 275 Å². The number of fused-ring (bicyclic) bond motifs is 1. The average molecular weight is 1920 g/mol. The molecule has 726 valence electrons. The molecule has 0 aliphatic carbocycles. The molecular weight excluding hydrogens is 1800 g/mol. The van der Waals surface area contributed by atoms with Crippen LogP contribution in [0.2, 0.25) is 0 Å². The fourth-order valence-corrected chi connectivity index (χ4v) is 16.6. The fraction of sp³-hybridized carbons (Fsp3) is 0.924. The van der Waals surface area contributed by atoms with Gasteiger partial charge >= 0.3 is 46.7 Å². The minimum absolute atomic E-state index is 0.0526. The molecule has 0 amide bonds. The number of ether oxygens (including phenoxy) is 12. The van der Waals surface area contributed by atoms with Gasteiger partial charge in [0.05, 0.1) is 136 Å². The summed E-state index contributed by atoms with van der Waals surface area (Å²) in [5.74, 6) is -1.48. The number of aliphatic hydroxyl groups is 10. The Morgan fingerprint density at radius 2 is 0.855 bits per heavy atom. The quantitative estimate of drug-likeness (QED) is 0.0220. The number of aliphatic hydroxyl groups excluding tert-OH is 10. The molecule has 0 radical (unpaired) electrons. The van der Waals surface area contributed by atoms with Crippen molar-refractivity contribution in [3.8, 4) is 0 Å². The highest BCUT2D eigenvalue weighted by atomic mass is 31.2. The number of hydrogen-bond acceptors (Lipinski definition) is 45. The summed E-state index contributed by atoms with van der Waals surface area (Å²) in [5.41, 5.74) is 16.5. The summed E-state index contributed by atoms with van der Waals surface area (Å²) in [6.07, 6.45) is -10.3. The van der Waals surface area contributed by atoms with Gasteiger partial charge in [0.1, 0.15) is 79.1 Å². The summed E-state index contributed by atoms with van der Waals surface area (Å²) >= 11 is 0. The first-order chi connectivity index (χ1) is 58.8. The van der Waals surface area contributed by atoms with Crippen LogP contribution in [-0.2, 0) is 134 Å². The van der Waals surface area contributed by atoms with Gasteiger partial charge in [-0.2, -0.15) is 0 Å². The Kier molecular flexibility index (Phi) is 50.3. The Labute approximate surface area is 715 Å². The van der Waals surface area contributed by atoms with Crippen molar-refractivity contribution in [3.05, 3.63) is 12.7 Å². The summed E-state index contributed by atoms with van der Waals surface area (Å²) in [7, 11) is -28.5. The van der Waals surface area contributed by atoms with E-state index in [1.54, 1.807) is 6.92 Å². The van der Waals surface area contributed by atoms with Gasteiger partial charge in [0.2, 0.25) is 0 Å². The molecule has 58 heteroatoms. The van der Waals surface area contributed by atoms with Crippen molar-refractivity contribution in [2.45, 2.75) is 208 Å². The number of anilines is 1. The molecule has 22 N–H and O–H groups in total. The van der Waals surface area contributed by atoms with E-state index in [9.17, 15) is 108 Å². The molecule has 0 aromatic carbocycles. The number of rotatable bonds is 69. The molecule has 6 heterocycles. The lowest BCUT2D eigenvalue weighted by atomic mass is 9.92. The van der Waals surface area contributed by atoms with Gasteiger partial charge in [0, 0.05) is 58.0 Å². The van der Waals surface area contributed by atoms with E-state index in [-0.39, 0.29) is 95.5 Å². The van der Waals surface area contributed by atoms with Crippen LogP contribution in [0.4, 0.5) is 5.82 Å². The van der Waals surface area contributed by atoms with E-state index in [1.165, 1.54) is 17.2 Å². The van der Waals surface area contributed by atoms with Crippen LogP contribution in [0.5, 0.6) is 0 Å². The molecular formula is C66H127N7O45P6. The van der Waals surface area contributed by atoms with Crippen molar-refractivity contribution in [1.29, 1.82) is 0 Å². The average Bonchev–Trinajstić information content (AvgIpc) is 1.61. The van der Waals surface area contributed by atoms with Gasteiger partial charge in [-0.15, -0.1) is 0 Å². The molecule has 4 saturated heterocycles. The van der Waals surface area contributed by atoms with Crippen LogP contribution in [0.1, 0.15) is 109 Å². The molecule has 4 aliphatic rings. The zero-order valence-electron chi connectivity index (χ0n) is 68.9. The van der Waals surface area contributed by atoms with Crippen LogP contribution in [0, 0.1) is 17.3 Å². The van der Waals surface area contributed by atoms with Crippen molar-refractivity contribution in [2.24, 2.45) is 28.7 Å². The van der Waals surface area contributed by atoms with Crippen molar-refractivity contribution in [3.63, 3.8) is 0 Å². The molecule has 26 atom stereocenters. The Morgan fingerprint density at radius 3 is 1.31 bits per heavy atom. The van der Waals surface area contributed by atoms with E-state index in [0.717, 1.165) is 6.66 Å². The summed E-state index contributed by atoms with van der Waals surface area (Å²) in [6, 6.07) is -2.18. The molecule has 2 aromatic heterocycles. The highest BCUT2D eigenvalue weighted by molar-refractivity contribution is 7.52. The smallest absolute Gasteiger partial charge is 0.396 e. The molecule has 4 aliphatic heterocycles. The van der Waals surface area contributed by atoms with Gasteiger partial charge in [-0.1, -0.05) is 45.4 Å². The normalized spacial score (nSPS) is 29.5. The largest absolute Gasteiger partial charge is 0.474 e. The SMILES string of the molecule is C[C@H]1C(O)[C@@H](O)C(CO)O[C@H]1OCCCCCCOP(=O)(O)OCCCOCC(COCCCOP(=O)(O)OCCCCCCO[C@@H]1OC(CO)[C@H](O)C(O)[C@@H]1N)(COCOP(=O)(O)OCCCCCCO[C@@H]1OC(CO)[C@H](O)C(O)[C@@H]1N)COP(=O)(O)OCOCC(CO)COCOP(=O)(O)O[C@H]1C[C@H](n2cnc3c(N)ncnc32)O[C@@H]1COP(C)(=O)O. The maximum Gasteiger partial charge on any atom is 0.474 e. The lowest BCUT2D eigenvalue weighted by Gasteiger charge is -2.40. The first-order valence-corrected chi connectivity index (χ1v) is 49.7. The van der Waals surface area contributed by atoms with Gasteiger partial charge in [0.25, 0.3) is 0 Å². The maximum atomic E-state index is 13.7. The third kappa shape index (κ3) is 40.1. The molecule has 0 saturated carbocycles. The Balaban J connectivity index is 1.03. The summed E-state index contributed by atoms with van der Waals surface area (Å²) in [5, 5.41) is 99.5. The minimum atomic E-state index is -5.24. The molecule has 0 spiro atoms. The van der Waals surface area contributed by atoms with Crippen LogP contribution in [0.3, 0.4) is 0 Å². The Morgan fingerprint density at radius 1 is 0.452 bits per heavy atom. The van der Waals surface area contributed by atoms with Crippen molar-refractivity contribution in [1.82, 2.24) is 19.5 Å². The van der Waals surface area contributed by atoms with Crippen molar-refractivity contribution >= 4 is 63.7 Å². The van der Waals surface area contributed by atoms with Crippen LogP contribution in [-0.4, -0.2) is 364 Å². The van der Waals surface area contributed by atoms with Gasteiger partial charge < -0.3 is 159 Å². The molecule has 2 aromatic rings. The van der Waals surface area contributed by atoms with E-state index in [4.69, 9.17) is 124 Å². The minimum Gasteiger partial charge on any atom is -0.396 e. The number of aromatic nitrogens is 4. The Hall–Kier alpha value is -1.91. The number of imidazole rings is 1.